The number of ether oxygens (including phenoxy) is 3. The van der Waals surface area contributed by atoms with Gasteiger partial charge in [0, 0.05) is 13.5 Å². The number of benzene rings is 1. The van der Waals surface area contributed by atoms with Crippen LogP contribution < -0.4 is 9.47 Å². The molecule has 0 saturated heterocycles. The first-order chi connectivity index (χ1) is 9.93. The Balaban J connectivity index is 2.53. The summed E-state index contributed by atoms with van der Waals surface area (Å²) in [6, 6.07) is 4.74. The van der Waals surface area contributed by atoms with Crippen LogP contribution >= 0.6 is 0 Å². The molecule has 0 aliphatic rings. The number of carbonyl (C=O) groups excluding carboxylic acids is 1. The van der Waals surface area contributed by atoms with Crippen molar-refractivity contribution in [2.24, 2.45) is 0 Å². The molecule has 0 aliphatic carbocycles. The summed E-state index contributed by atoms with van der Waals surface area (Å²) in [7, 11) is 4.64. The fourth-order valence-corrected chi connectivity index (χ4v) is 1.50. The highest BCUT2D eigenvalue weighted by Gasteiger charge is 2.17. The average molecular weight is 298 g/mol. The number of hydrogen-bond donors (Lipinski definition) is 0. The highest BCUT2D eigenvalue weighted by molar-refractivity contribution is 5.89. The molecule has 1 rings (SSSR count). The maximum atomic E-state index is 11.8. The molecule has 0 spiro atoms. The maximum absolute atomic E-state index is 11.8. The quantitative estimate of drug-likeness (QED) is 0.417. The summed E-state index contributed by atoms with van der Waals surface area (Å²) >= 11 is 0. The van der Waals surface area contributed by atoms with Gasteiger partial charge in [-0.3, -0.25) is 4.89 Å². The van der Waals surface area contributed by atoms with E-state index < -0.39 is 5.97 Å². The van der Waals surface area contributed by atoms with Crippen LogP contribution in [0, 0.1) is 0 Å². The smallest absolute Gasteiger partial charge is 0.373 e. The first-order valence-electron chi connectivity index (χ1n) is 6.54. The Kier molecular flexibility index (Phi) is 6.45. The molecule has 21 heavy (non-hydrogen) atoms. The molecule has 0 aromatic heterocycles. The van der Waals surface area contributed by atoms with Crippen LogP contribution in [0.2, 0.25) is 0 Å². The molecular weight excluding hydrogens is 276 g/mol. The summed E-state index contributed by atoms with van der Waals surface area (Å²) in [6.07, 6.45) is 0.600. The van der Waals surface area contributed by atoms with Gasteiger partial charge < -0.3 is 14.2 Å². The molecule has 6 heteroatoms. The Morgan fingerprint density at radius 2 is 1.76 bits per heavy atom. The minimum atomic E-state index is -0.592. The van der Waals surface area contributed by atoms with Crippen LogP contribution in [0.1, 0.15) is 30.6 Å². The van der Waals surface area contributed by atoms with Gasteiger partial charge in [0.1, 0.15) is 0 Å². The Labute approximate surface area is 124 Å². The monoisotopic (exact) mass is 298 g/mol. The normalized spacial score (nSPS) is 11.1. The van der Waals surface area contributed by atoms with Crippen molar-refractivity contribution in [1.29, 1.82) is 0 Å². The number of rotatable bonds is 8. The Bertz CT molecular complexity index is 469. The van der Waals surface area contributed by atoms with Crippen LogP contribution in [-0.4, -0.2) is 39.5 Å². The van der Waals surface area contributed by atoms with Crippen LogP contribution in [0.15, 0.2) is 18.2 Å². The molecule has 0 aliphatic heterocycles. The zero-order valence-corrected chi connectivity index (χ0v) is 13.1. The van der Waals surface area contributed by atoms with Crippen molar-refractivity contribution in [3.8, 4) is 11.5 Å². The van der Waals surface area contributed by atoms with Gasteiger partial charge in [0.25, 0.3) is 0 Å². The van der Waals surface area contributed by atoms with E-state index in [2.05, 4.69) is 0 Å². The number of methoxy groups -OCH3 is 3. The summed E-state index contributed by atoms with van der Waals surface area (Å²) in [4.78, 5) is 21.5. The van der Waals surface area contributed by atoms with Gasteiger partial charge in [0.2, 0.25) is 0 Å². The van der Waals surface area contributed by atoms with Crippen molar-refractivity contribution >= 4 is 5.97 Å². The van der Waals surface area contributed by atoms with E-state index in [1.165, 1.54) is 20.3 Å². The first-order valence-corrected chi connectivity index (χ1v) is 6.54. The van der Waals surface area contributed by atoms with Crippen molar-refractivity contribution < 1.29 is 28.8 Å². The zero-order chi connectivity index (χ0) is 15.9. The molecule has 118 valence electrons. The predicted molar refractivity (Wildman–Crippen MR) is 76.6 cm³/mol. The molecular formula is C15H22O6. The third kappa shape index (κ3) is 5.24. The fraction of sp³-hybridized carbons (Fsp3) is 0.533. The molecule has 1 aromatic rings. The van der Waals surface area contributed by atoms with Crippen LogP contribution in [0.3, 0.4) is 0 Å². The summed E-state index contributed by atoms with van der Waals surface area (Å²) in [5, 5.41) is 0. The molecule has 0 radical (unpaired) electrons. The van der Waals surface area contributed by atoms with E-state index in [0.717, 1.165) is 0 Å². The van der Waals surface area contributed by atoms with E-state index in [1.807, 2.05) is 13.8 Å². The minimum absolute atomic E-state index is 0.250. The molecule has 0 unspecified atom stereocenters. The van der Waals surface area contributed by atoms with Crippen molar-refractivity contribution in [2.75, 3.05) is 27.9 Å². The minimum Gasteiger partial charge on any atom is -0.493 e. The van der Waals surface area contributed by atoms with E-state index in [-0.39, 0.29) is 12.2 Å². The lowest BCUT2D eigenvalue weighted by Crippen LogP contribution is -2.24. The zero-order valence-electron chi connectivity index (χ0n) is 13.1. The molecule has 0 N–H and O–H groups in total. The Hall–Kier alpha value is -1.79. The van der Waals surface area contributed by atoms with E-state index in [4.69, 9.17) is 24.0 Å². The SMILES string of the molecule is COc1ccc(C(=O)OOCCC(C)(C)OC)cc1OC. The molecule has 1 aromatic carbocycles. The second kappa shape index (κ2) is 7.85. The standard InChI is InChI=1S/C15H22O6/c1-15(2,19-5)8-9-20-21-14(16)11-6-7-12(17-3)13(10-11)18-4/h6-7,10H,8-9H2,1-5H3. The molecule has 0 saturated carbocycles. The van der Waals surface area contributed by atoms with Gasteiger partial charge in [0.15, 0.2) is 11.5 Å². The fourth-order valence-electron chi connectivity index (χ4n) is 1.50. The predicted octanol–water partition coefficient (Wildman–Crippen LogP) is 2.61. The number of hydrogen-bond acceptors (Lipinski definition) is 6. The molecule has 0 amide bonds. The van der Waals surface area contributed by atoms with Crippen molar-refractivity contribution in [1.82, 2.24) is 0 Å². The second-order valence-electron chi connectivity index (χ2n) is 4.98. The average Bonchev–Trinajstić information content (AvgIpc) is 2.50. The largest absolute Gasteiger partial charge is 0.493 e. The third-order valence-electron chi connectivity index (χ3n) is 3.09. The summed E-state index contributed by atoms with van der Waals surface area (Å²) in [5.41, 5.74) is -0.00547. The van der Waals surface area contributed by atoms with E-state index in [9.17, 15) is 4.79 Å². The van der Waals surface area contributed by atoms with Crippen LogP contribution in [0.5, 0.6) is 11.5 Å². The summed E-state index contributed by atoms with van der Waals surface area (Å²) in [6.45, 7) is 4.10. The molecule has 0 fully saturated rings. The lowest BCUT2D eigenvalue weighted by Gasteiger charge is -2.21. The van der Waals surface area contributed by atoms with Crippen molar-refractivity contribution in [3.63, 3.8) is 0 Å². The first kappa shape index (κ1) is 17.3. The van der Waals surface area contributed by atoms with E-state index in [1.54, 1.807) is 19.2 Å². The van der Waals surface area contributed by atoms with Gasteiger partial charge in [-0.05, 0) is 32.0 Å². The van der Waals surface area contributed by atoms with Gasteiger partial charge in [-0.25, -0.2) is 4.79 Å². The second-order valence-corrected chi connectivity index (χ2v) is 4.98. The Morgan fingerprint density at radius 1 is 1.10 bits per heavy atom. The Morgan fingerprint density at radius 3 is 2.33 bits per heavy atom. The van der Waals surface area contributed by atoms with Gasteiger partial charge >= 0.3 is 5.97 Å². The van der Waals surface area contributed by atoms with Gasteiger partial charge in [-0.1, -0.05) is 0 Å². The van der Waals surface area contributed by atoms with Gasteiger partial charge in [0.05, 0.1) is 32.0 Å². The lowest BCUT2D eigenvalue weighted by molar-refractivity contribution is -0.247. The maximum Gasteiger partial charge on any atom is 0.373 e. The summed E-state index contributed by atoms with van der Waals surface area (Å²) < 4.78 is 15.5. The topological polar surface area (TPSA) is 63.2 Å². The van der Waals surface area contributed by atoms with Gasteiger partial charge in [-0.15, -0.1) is 0 Å². The third-order valence-corrected chi connectivity index (χ3v) is 3.09. The number of carbonyl (C=O) groups is 1. The van der Waals surface area contributed by atoms with Crippen LogP contribution in [0.4, 0.5) is 0 Å². The van der Waals surface area contributed by atoms with Gasteiger partial charge in [-0.2, -0.15) is 4.89 Å². The van der Waals surface area contributed by atoms with Crippen LogP contribution in [-0.2, 0) is 14.5 Å². The van der Waals surface area contributed by atoms with Crippen molar-refractivity contribution in [2.45, 2.75) is 25.9 Å². The van der Waals surface area contributed by atoms with E-state index in [0.29, 0.717) is 23.5 Å². The lowest BCUT2D eigenvalue weighted by atomic mass is 10.1. The van der Waals surface area contributed by atoms with Crippen LogP contribution in [0.25, 0.3) is 0 Å². The summed E-state index contributed by atoms with van der Waals surface area (Å²) in [5.74, 6) is 0.399. The highest BCUT2D eigenvalue weighted by atomic mass is 17.2. The van der Waals surface area contributed by atoms with E-state index >= 15 is 0 Å². The van der Waals surface area contributed by atoms with Crippen molar-refractivity contribution in [3.05, 3.63) is 23.8 Å². The molecule has 0 heterocycles. The molecule has 0 bridgehead atoms. The molecule has 0 atom stereocenters. The highest BCUT2D eigenvalue weighted by Crippen LogP contribution is 2.27. The molecule has 6 nitrogen and oxygen atoms in total.